The standard InChI is InChI=1S/C12H20ClN5OS/c1-12(2,18-6-4-17(3)5-7-18)8-14-9(19)10-15-16-11(13)20-10/h4-8H2,1-3H3,(H,14,19). The monoisotopic (exact) mass is 317 g/mol. The maximum atomic E-state index is 12.0. The van der Waals surface area contributed by atoms with Crippen LogP contribution in [0, 0.1) is 0 Å². The van der Waals surface area contributed by atoms with Gasteiger partial charge in [0.2, 0.25) is 9.47 Å². The van der Waals surface area contributed by atoms with Crippen molar-refractivity contribution in [2.75, 3.05) is 39.8 Å². The Hall–Kier alpha value is -0.760. The third kappa shape index (κ3) is 3.88. The van der Waals surface area contributed by atoms with Crippen LogP contribution in [0.25, 0.3) is 0 Å². The van der Waals surface area contributed by atoms with Gasteiger partial charge in [0.1, 0.15) is 0 Å². The summed E-state index contributed by atoms with van der Waals surface area (Å²) in [7, 11) is 2.13. The van der Waals surface area contributed by atoms with E-state index in [1.165, 1.54) is 0 Å². The van der Waals surface area contributed by atoms with Gasteiger partial charge in [-0.3, -0.25) is 9.69 Å². The number of hydrogen-bond acceptors (Lipinski definition) is 6. The summed E-state index contributed by atoms with van der Waals surface area (Å²) in [6.45, 7) is 9.02. The second-order valence-corrected chi connectivity index (χ2v) is 7.21. The summed E-state index contributed by atoms with van der Waals surface area (Å²) in [6.07, 6.45) is 0. The minimum atomic E-state index is -0.211. The predicted molar refractivity (Wildman–Crippen MR) is 80.4 cm³/mol. The van der Waals surface area contributed by atoms with E-state index in [0.717, 1.165) is 37.5 Å². The molecule has 0 aromatic carbocycles. The summed E-state index contributed by atoms with van der Waals surface area (Å²) in [5, 5.41) is 10.6. The molecule has 20 heavy (non-hydrogen) atoms. The van der Waals surface area contributed by atoms with Crippen molar-refractivity contribution in [3.63, 3.8) is 0 Å². The number of amides is 1. The van der Waals surface area contributed by atoms with Gasteiger partial charge in [0.25, 0.3) is 5.91 Å². The molecule has 1 aromatic heterocycles. The number of rotatable bonds is 4. The minimum Gasteiger partial charge on any atom is -0.348 e. The number of halogens is 1. The van der Waals surface area contributed by atoms with Gasteiger partial charge in [-0.1, -0.05) is 11.3 Å². The number of nitrogens with one attached hydrogen (secondary N) is 1. The number of aromatic nitrogens is 2. The highest BCUT2D eigenvalue weighted by molar-refractivity contribution is 7.17. The van der Waals surface area contributed by atoms with Gasteiger partial charge >= 0.3 is 0 Å². The van der Waals surface area contributed by atoms with Crippen LogP contribution >= 0.6 is 22.9 Å². The van der Waals surface area contributed by atoms with Crippen LogP contribution in [-0.4, -0.2) is 71.2 Å². The van der Waals surface area contributed by atoms with Crippen LogP contribution in [-0.2, 0) is 0 Å². The van der Waals surface area contributed by atoms with Gasteiger partial charge in [-0.2, -0.15) is 0 Å². The molecule has 1 saturated heterocycles. The summed E-state index contributed by atoms with van der Waals surface area (Å²) in [4.78, 5) is 16.7. The molecule has 1 amide bonds. The fourth-order valence-corrected chi connectivity index (χ4v) is 2.94. The summed E-state index contributed by atoms with van der Waals surface area (Å²) in [6, 6.07) is 0. The average Bonchev–Trinajstić information content (AvgIpc) is 2.83. The Kier molecular flexibility index (Phi) is 4.95. The highest BCUT2D eigenvalue weighted by Gasteiger charge is 2.29. The number of carbonyl (C=O) groups is 1. The molecule has 0 bridgehead atoms. The number of hydrogen-bond donors (Lipinski definition) is 1. The molecule has 1 aliphatic heterocycles. The van der Waals surface area contributed by atoms with E-state index < -0.39 is 0 Å². The first-order valence-electron chi connectivity index (χ1n) is 6.59. The van der Waals surface area contributed by atoms with Crippen LogP contribution in [0.1, 0.15) is 23.6 Å². The topological polar surface area (TPSA) is 61.4 Å². The first-order chi connectivity index (χ1) is 9.38. The predicted octanol–water partition coefficient (Wildman–Crippen LogP) is 0.947. The molecular formula is C12H20ClN5OS. The van der Waals surface area contributed by atoms with Crippen molar-refractivity contribution in [1.29, 1.82) is 0 Å². The Morgan fingerprint density at radius 3 is 2.55 bits per heavy atom. The molecule has 2 heterocycles. The third-order valence-corrected chi connectivity index (χ3v) is 4.65. The number of carbonyl (C=O) groups excluding carboxylic acids is 1. The first-order valence-corrected chi connectivity index (χ1v) is 7.79. The van der Waals surface area contributed by atoms with Gasteiger partial charge in [0.05, 0.1) is 0 Å². The fourth-order valence-electron chi connectivity index (χ4n) is 2.19. The summed E-state index contributed by atoms with van der Waals surface area (Å²) in [5.74, 6) is -0.211. The molecule has 0 spiro atoms. The lowest BCUT2D eigenvalue weighted by molar-refractivity contribution is 0.0587. The molecule has 6 nitrogen and oxygen atoms in total. The van der Waals surface area contributed by atoms with E-state index in [2.05, 4.69) is 46.2 Å². The molecule has 0 atom stereocenters. The molecule has 1 N–H and O–H groups in total. The van der Waals surface area contributed by atoms with E-state index in [1.807, 2.05) is 0 Å². The molecule has 1 aromatic rings. The number of nitrogens with zero attached hydrogens (tertiary/aromatic N) is 4. The van der Waals surface area contributed by atoms with Gasteiger partial charge in [-0.15, -0.1) is 10.2 Å². The molecule has 2 rings (SSSR count). The van der Waals surface area contributed by atoms with Gasteiger partial charge in [0, 0.05) is 38.3 Å². The second kappa shape index (κ2) is 6.34. The maximum Gasteiger partial charge on any atom is 0.282 e. The van der Waals surface area contributed by atoms with Crippen LogP contribution in [0.3, 0.4) is 0 Å². The highest BCUT2D eigenvalue weighted by Crippen LogP contribution is 2.17. The van der Waals surface area contributed by atoms with Crippen molar-refractivity contribution < 1.29 is 4.79 Å². The Morgan fingerprint density at radius 2 is 2.00 bits per heavy atom. The quantitative estimate of drug-likeness (QED) is 0.896. The van der Waals surface area contributed by atoms with Crippen molar-refractivity contribution in [3.8, 4) is 0 Å². The zero-order chi connectivity index (χ0) is 14.8. The van der Waals surface area contributed by atoms with Crippen molar-refractivity contribution in [2.45, 2.75) is 19.4 Å². The van der Waals surface area contributed by atoms with E-state index >= 15 is 0 Å². The van der Waals surface area contributed by atoms with Crippen molar-refractivity contribution in [3.05, 3.63) is 9.47 Å². The van der Waals surface area contributed by atoms with Gasteiger partial charge in [0.15, 0.2) is 0 Å². The van der Waals surface area contributed by atoms with Crippen LogP contribution in [0.4, 0.5) is 0 Å². The van der Waals surface area contributed by atoms with Crippen molar-refractivity contribution in [2.24, 2.45) is 0 Å². The molecule has 0 radical (unpaired) electrons. The van der Waals surface area contributed by atoms with E-state index in [0.29, 0.717) is 11.6 Å². The van der Waals surface area contributed by atoms with Gasteiger partial charge in [-0.25, -0.2) is 0 Å². The Morgan fingerprint density at radius 1 is 1.35 bits per heavy atom. The Labute approximate surface area is 128 Å². The maximum absolute atomic E-state index is 12.0. The average molecular weight is 318 g/mol. The molecule has 8 heteroatoms. The smallest absolute Gasteiger partial charge is 0.282 e. The van der Waals surface area contributed by atoms with Crippen LogP contribution in [0.15, 0.2) is 0 Å². The first kappa shape index (κ1) is 15.6. The van der Waals surface area contributed by atoms with E-state index in [-0.39, 0.29) is 15.9 Å². The molecule has 1 fully saturated rings. The highest BCUT2D eigenvalue weighted by atomic mass is 35.5. The largest absolute Gasteiger partial charge is 0.348 e. The zero-order valence-electron chi connectivity index (χ0n) is 12.0. The SMILES string of the molecule is CN1CCN(C(C)(C)CNC(=O)c2nnc(Cl)s2)CC1. The van der Waals surface area contributed by atoms with E-state index in [9.17, 15) is 4.79 Å². The lowest BCUT2D eigenvalue weighted by Crippen LogP contribution is -2.57. The summed E-state index contributed by atoms with van der Waals surface area (Å²) in [5.41, 5.74) is -0.0780. The molecule has 0 saturated carbocycles. The molecule has 1 aliphatic rings. The number of likely N-dealkylation sites (N-methyl/N-ethyl adjacent to an activating group) is 1. The van der Waals surface area contributed by atoms with E-state index in [4.69, 9.17) is 11.6 Å². The van der Waals surface area contributed by atoms with Crippen LogP contribution < -0.4 is 5.32 Å². The van der Waals surface area contributed by atoms with Crippen molar-refractivity contribution in [1.82, 2.24) is 25.3 Å². The van der Waals surface area contributed by atoms with Gasteiger partial charge in [-0.05, 0) is 32.5 Å². The third-order valence-electron chi connectivity index (χ3n) is 3.64. The normalized spacial score (nSPS) is 18.2. The Balaban J connectivity index is 1.87. The molecule has 0 aliphatic carbocycles. The van der Waals surface area contributed by atoms with E-state index in [1.54, 1.807) is 0 Å². The lowest BCUT2D eigenvalue weighted by atomic mass is 10.0. The van der Waals surface area contributed by atoms with Crippen molar-refractivity contribution >= 4 is 28.8 Å². The Bertz CT molecular complexity index is 470. The minimum absolute atomic E-state index is 0.0780. The zero-order valence-corrected chi connectivity index (χ0v) is 13.6. The second-order valence-electron chi connectivity index (χ2n) is 5.65. The molecule has 0 unspecified atom stereocenters. The fraction of sp³-hybridized carbons (Fsp3) is 0.750. The van der Waals surface area contributed by atoms with Crippen LogP contribution in [0.2, 0.25) is 4.47 Å². The number of piperazine rings is 1. The molecule has 112 valence electrons. The molecular weight excluding hydrogens is 298 g/mol. The summed E-state index contributed by atoms with van der Waals surface area (Å²) >= 11 is 6.78. The van der Waals surface area contributed by atoms with Gasteiger partial charge < -0.3 is 10.2 Å². The van der Waals surface area contributed by atoms with Crippen LogP contribution in [0.5, 0.6) is 0 Å². The lowest BCUT2D eigenvalue weighted by Gasteiger charge is -2.43. The summed E-state index contributed by atoms with van der Waals surface area (Å²) < 4.78 is 0.286.